The third-order valence-corrected chi connectivity index (χ3v) is 5.30. The van der Waals surface area contributed by atoms with Crippen LogP contribution in [0.1, 0.15) is 44.0 Å². The predicted molar refractivity (Wildman–Crippen MR) is 83.6 cm³/mol. The molecule has 0 saturated heterocycles. The summed E-state index contributed by atoms with van der Waals surface area (Å²) in [4.78, 5) is 11.8. The van der Waals surface area contributed by atoms with Gasteiger partial charge in [0.2, 0.25) is 0 Å². The summed E-state index contributed by atoms with van der Waals surface area (Å²) < 4.78 is 36.3. The molecule has 4 nitrogen and oxygen atoms in total. The Labute approximate surface area is 136 Å². The van der Waals surface area contributed by atoms with E-state index < -0.39 is 31.2 Å². The maximum atomic E-state index is 13.6. The minimum absolute atomic E-state index is 0.0521. The molecule has 0 aliphatic carbocycles. The third-order valence-electron chi connectivity index (χ3n) is 2.84. The summed E-state index contributed by atoms with van der Waals surface area (Å²) in [5.74, 6) is -1.42. The Hall–Kier alpha value is -0.660. The van der Waals surface area contributed by atoms with Gasteiger partial charge in [-0.15, -0.1) is 0 Å². The summed E-state index contributed by atoms with van der Waals surface area (Å²) in [6, 6.07) is 1.73. The number of carbonyl (C=O) groups excluding carboxylic acids is 1. The monoisotopic (exact) mass is 399 g/mol. The van der Waals surface area contributed by atoms with Crippen molar-refractivity contribution in [2.45, 2.75) is 44.0 Å². The maximum Gasteiger partial charge on any atom is 0.262 e. The zero-order valence-corrected chi connectivity index (χ0v) is 15.0. The van der Waals surface area contributed by atoms with E-state index in [-0.39, 0.29) is 10.0 Å². The summed E-state index contributed by atoms with van der Waals surface area (Å²) in [7, 11) is 1.08. The molecule has 0 aliphatic heterocycles. The van der Waals surface area contributed by atoms with Crippen molar-refractivity contribution < 1.29 is 17.6 Å². The van der Waals surface area contributed by atoms with Gasteiger partial charge in [0.15, 0.2) is 0 Å². The van der Waals surface area contributed by atoms with Gasteiger partial charge in [0.1, 0.15) is 10.7 Å². The van der Waals surface area contributed by atoms with Crippen LogP contribution in [-0.2, 0) is 9.05 Å². The van der Waals surface area contributed by atoms with Crippen LogP contribution < -0.4 is 5.32 Å². The Bertz CT molecular complexity index is 662. The zero-order valence-electron chi connectivity index (χ0n) is 11.8. The lowest BCUT2D eigenvalue weighted by Crippen LogP contribution is -2.43. The van der Waals surface area contributed by atoms with E-state index in [2.05, 4.69) is 21.2 Å². The molecule has 0 aromatic heterocycles. The summed E-state index contributed by atoms with van der Waals surface area (Å²) >= 11 is 3.01. The molecule has 21 heavy (non-hydrogen) atoms. The molecule has 1 rings (SSSR count). The number of rotatable bonds is 5. The van der Waals surface area contributed by atoms with E-state index in [0.717, 1.165) is 25.0 Å². The van der Waals surface area contributed by atoms with Crippen LogP contribution in [0.2, 0.25) is 0 Å². The van der Waals surface area contributed by atoms with Crippen molar-refractivity contribution in [3.63, 3.8) is 0 Å². The second kappa shape index (κ2) is 6.62. The van der Waals surface area contributed by atoms with Gasteiger partial charge in [0.25, 0.3) is 15.0 Å². The summed E-state index contributed by atoms with van der Waals surface area (Å²) in [6.45, 7) is 5.64. The fraction of sp³-hybridized carbons (Fsp3) is 0.462. The lowest BCUT2D eigenvalue weighted by Gasteiger charge is -2.26. The highest BCUT2D eigenvalue weighted by molar-refractivity contribution is 9.10. The second-order valence-electron chi connectivity index (χ2n) is 5.29. The molecular formula is C13H16BrClFNO3S. The highest BCUT2D eigenvalue weighted by Gasteiger charge is 2.25. The van der Waals surface area contributed by atoms with Crippen molar-refractivity contribution in [3.8, 4) is 0 Å². The number of benzene rings is 1. The predicted octanol–water partition coefficient (Wildman–Crippen LogP) is 3.82. The summed E-state index contributed by atoms with van der Waals surface area (Å²) in [6.07, 6.45) is 1.59. The first-order valence-corrected chi connectivity index (χ1v) is 9.34. The highest BCUT2D eigenvalue weighted by Crippen LogP contribution is 2.30. The Morgan fingerprint density at radius 2 is 2.00 bits per heavy atom. The standard InChI is InChI=1S/C13H16BrClFNO3S/c1-4-5-13(2,3)17-12(18)9-6-8(16)7-10(11(9)14)21(15,19)20/h6-7H,4-5H2,1-3H3,(H,17,18). The summed E-state index contributed by atoms with van der Waals surface area (Å²) in [5.41, 5.74) is -0.601. The molecule has 1 amide bonds. The van der Waals surface area contributed by atoms with Crippen molar-refractivity contribution in [2.75, 3.05) is 0 Å². The van der Waals surface area contributed by atoms with Crippen molar-refractivity contribution >= 4 is 41.6 Å². The van der Waals surface area contributed by atoms with Gasteiger partial charge >= 0.3 is 0 Å². The third kappa shape index (κ3) is 4.93. The molecule has 118 valence electrons. The van der Waals surface area contributed by atoms with Gasteiger partial charge in [0, 0.05) is 16.2 Å². The molecule has 0 bridgehead atoms. The molecule has 0 atom stereocenters. The van der Waals surface area contributed by atoms with Crippen LogP contribution in [0.15, 0.2) is 21.5 Å². The largest absolute Gasteiger partial charge is 0.347 e. The molecule has 1 aromatic carbocycles. The molecule has 1 aromatic rings. The Kier molecular flexibility index (Phi) is 5.80. The van der Waals surface area contributed by atoms with Crippen LogP contribution in [0.4, 0.5) is 4.39 Å². The van der Waals surface area contributed by atoms with Crippen LogP contribution in [0, 0.1) is 5.82 Å². The number of carbonyl (C=O) groups is 1. The molecule has 1 N–H and O–H groups in total. The van der Waals surface area contributed by atoms with Crippen LogP contribution in [0.25, 0.3) is 0 Å². The first-order valence-electron chi connectivity index (χ1n) is 6.24. The summed E-state index contributed by atoms with van der Waals surface area (Å²) in [5, 5.41) is 2.75. The van der Waals surface area contributed by atoms with Gasteiger partial charge in [-0.25, -0.2) is 12.8 Å². The molecule has 0 unspecified atom stereocenters. The van der Waals surface area contributed by atoms with E-state index in [1.54, 1.807) is 0 Å². The number of nitrogens with one attached hydrogen (secondary N) is 1. The lowest BCUT2D eigenvalue weighted by atomic mass is 9.98. The molecule has 0 fully saturated rings. The Balaban J connectivity index is 3.26. The van der Waals surface area contributed by atoms with Crippen molar-refractivity contribution in [1.29, 1.82) is 0 Å². The van der Waals surface area contributed by atoms with E-state index in [1.165, 1.54) is 0 Å². The van der Waals surface area contributed by atoms with Gasteiger partial charge < -0.3 is 5.32 Å². The Morgan fingerprint density at radius 1 is 1.43 bits per heavy atom. The van der Waals surface area contributed by atoms with E-state index in [4.69, 9.17) is 10.7 Å². The minimum Gasteiger partial charge on any atom is -0.347 e. The average molecular weight is 401 g/mol. The normalized spacial score (nSPS) is 12.3. The lowest BCUT2D eigenvalue weighted by molar-refractivity contribution is 0.0907. The number of hydrogen-bond donors (Lipinski definition) is 1. The van der Waals surface area contributed by atoms with Crippen molar-refractivity contribution in [3.05, 3.63) is 28.0 Å². The second-order valence-corrected chi connectivity index (χ2v) is 8.62. The Morgan fingerprint density at radius 3 is 2.48 bits per heavy atom. The van der Waals surface area contributed by atoms with Crippen LogP contribution >= 0.6 is 26.6 Å². The maximum absolute atomic E-state index is 13.6. The van der Waals surface area contributed by atoms with E-state index in [9.17, 15) is 17.6 Å². The highest BCUT2D eigenvalue weighted by atomic mass is 79.9. The fourth-order valence-electron chi connectivity index (χ4n) is 1.97. The van der Waals surface area contributed by atoms with E-state index in [1.807, 2.05) is 20.8 Å². The molecule has 0 aliphatic rings. The molecule has 0 heterocycles. The van der Waals surface area contributed by atoms with Crippen LogP contribution in [0.5, 0.6) is 0 Å². The van der Waals surface area contributed by atoms with E-state index >= 15 is 0 Å². The number of amides is 1. The van der Waals surface area contributed by atoms with Gasteiger partial charge in [-0.1, -0.05) is 13.3 Å². The molecule has 0 radical (unpaired) electrons. The van der Waals surface area contributed by atoms with Crippen LogP contribution in [-0.4, -0.2) is 19.9 Å². The fourth-order valence-corrected chi connectivity index (χ4v) is 4.24. The van der Waals surface area contributed by atoms with E-state index in [0.29, 0.717) is 0 Å². The molecule has 8 heteroatoms. The SMILES string of the molecule is CCCC(C)(C)NC(=O)c1cc(F)cc(S(=O)(=O)Cl)c1Br. The minimum atomic E-state index is -4.16. The average Bonchev–Trinajstić information content (AvgIpc) is 2.29. The molecule has 0 saturated carbocycles. The first kappa shape index (κ1) is 18.4. The van der Waals surface area contributed by atoms with Crippen LogP contribution in [0.3, 0.4) is 0 Å². The topological polar surface area (TPSA) is 63.2 Å². The molecular weight excluding hydrogens is 385 g/mol. The molecule has 0 spiro atoms. The number of halogens is 3. The van der Waals surface area contributed by atoms with Crippen molar-refractivity contribution in [1.82, 2.24) is 5.32 Å². The zero-order chi connectivity index (χ0) is 16.4. The quantitative estimate of drug-likeness (QED) is 0.764. The van der Waals surface area contributed by atoms with Gasteiger partial charge in [-0.2, -0.15) is 0 Å². The number of hydrogen-bond acceptors (Lipinski definition) is 3. The van der Waals surface area contributed by atoms with Gasteiger partial charge in [0.05, 0.1) is 10.0 Å². The van der Waals surface area contributed by atoms with Gasteiger partial charge in [-0.05, 0) is 48.3 Å². The van der Waals surface area contributed by atoms with Gasteiger partial charge in [-0.3, -0.25) is 4.79 Å². The van der Waals surface area contributed by atoms with Crippen molar-refractivity contribution in [2.24, 2.45) is 0 Å². The first-order chi connectivity index (χ1) is 9.48. The smallest absolute Gasteiger partial charge is 0.262 e.